The maximum atomic E-state index is 6.19. The molecule has 1 heterocycles. The van der Waals surface area contributed by atoms with E-state index in [0.29, 0.717) is 0 Å². The molecule has 1 aromatic heterocycles. The van der Waals surface area contributed by atoms with Crippen LogP contribution in [0.4, 0.5) is 0 Å². The first-order valence-electron chi connectivity index (χ1n) is 6.66. The molecule has 0 aliphatic heterocycles. The predicted octanol–water partition coefficient (Wildman–Crippen LogP) is 4.86. The van der Waals surface area contributed by atoms with Gasteiger partial charge in [-0.1, -0.05) is 49.0 Å². The molecule has 0 amide bonds. The molecule has 0 saturated heterocycles. The van der Waals surface area contributed by atoms with Crippen LogP contribution in [-0.4, -0.2) is 4.98 Å². The molecule has 0 bridgehead atoms. The van der Waals surface area contributed by atoms with Crippen LogP contribution in [0.25, 0.3) is 10.2 Å². The molecule has 0 saturated carbocycles. The molecule has 0 radical (unpaired) electrons. The molecule has 3 rings (SSSR count). The number of thiazole rings is 1. The van der Waals surface area contributed by atoms with Crippen LogP contribution in [0.5, 0.6) is 0 Å². The fraction of sp³-hybridized carbons (Fsp3) is 0.188. The van der Waals surface area contributed by atoms with Gasteiger partial charge in [0.2, 0.25) is 0 Å². The molecule has 0 aliphatic carbocycles. The zero-order chi connectivity index (χ0) is 13.9. The van der Waals surface area contributed by atoms with Crippen LogP contribution >= 0.6 is 23.1 Å². The molecule has 0 aliphatic rings. The summed E-state index contributed by atoms with van der Waals surface area (Å²) in [6.45, 7) is 2.11. The van der Waals surface area contributed by atoms with Crippen LogP contribution in [0.1, 0.15) is 24.9 Å². The van der Waals surface area contributed by atoms with E-state index in [1.54, 1.807) is 23.1 Å². The average molecular weight is 300 g/mol. The third-order valence-corrected chi connectivity index (χ3v) is 5.42. The number of para-hydroxylation sites is 1. The smallest absolute Gasteiger partial charge is 0.155 e. The molecule has 102 valence electrons. The van der Waals surface area contributed by atoms with Crippen molar-refractivity contribution in [2.45, 2.75) is 28.6 Å². The summed E-state index contributed by atoms with van der Waals surface area (Å²) >= 11 is 3.44. The summed E-state index contributed by atoms with van der Waals surface area (Å²) in [5, 5.41) is 0. The highest BCUT2D eigenvalue weighted by Crippen LogP contribution is 2.37. The molecule has 1 atom stereocenters. The molecule has 0 fully saturated rings. The molecule has 3 aromatic rings. The number of benzene rings is 2. The number of fused-ring (bicyclic) bond motifs is 1. The Morgan fingerprint density at radius 2 is 1.90 bits per heavy atom. The molecular formula is C16H16N2S2. The highest BCUT2D eigenvalue weighted by atomic mass is 32.2. The van der Waals surface area contributed by atoms with Crippen molar-refractivity contribution >= 4 is 33.3 Å². The highest BCUT2D eigenvalue weighted by Gasteiger charge is 2.12. The first-order valence-corrected chi connectivity index (χ1v) is 8.29. The molecule has 2 aromatic carbocycles. The van der Waals surface area contributed by atoms with Gasteiger partial charge in [-0.2, -0.15) is 0 Å². The summed E-state index contributed by atoms with van der Waals surface area (Å²) in [6, 6.07) is 16.7. The third kappa shape index (κ3) is 2.73. The number of hydrogen-bond acceptors (Lipinski definition) is 4. The van der Waals surface area contributed by atoms with E-state index in [2.05, 4.69) is 48.3 Å². The Labute approximate surface area is 127 Å². The summed E-state index contributed by atoms with van der Waals surface area (Å²) < 4.78 is 2.30. The van der Waals surface area contributed by atoms with Gasteiger partial charge in [-0.25, -0.2) is 4.98 Å². The van der Waals surface area contributed by atoms with Crippen molar-refractivity contribution in [3.63, 3.8) is 0 Å². The van der Waals surface area contributed by atoms with Crippen molar-refractivity contribution in [3.8, 4) is 0 Å². The van der Waals surface area contributed by atoms with Crippen LogP contribution in [-0.2, 0) is 0 Å². The molecule has 0 spiro atoms. The minimum absolute atomic E-state index is 0.0908. The van der Waals surface area contributed by atoms with Gasteiger partial charge in [0.05, 0.1) is 10.2 Å². The maximum Gasteiger partial charge on any atom is 0.155 e. The number of nitrogens with zero attached hydrogens (tertiary/aromatic N) is 1. The first kappa shape index (κ1) is 13.6. The maximum absolute atomic E-state index is 6.19. The molecule has 4 heteroatoms. The van der Waals surface area contributed by atoms with Gasteiger partial charge in [0, 0.05) is 10.9 Å². The summed E-state index contributed by atoms with van der Waals surface area (Å²) in [6.07, 6.45) is 0.942. The predicted molar refractivity (Wildman–Crippen MR) is 87.4 cm³/mol. The van der Waals surface area contributed by atoms with Gasteiger partial charge in [0.15, 0.2) is 4.34 Å². The standard InChI is InChI=1S/C16H16N2S2/c1-2-12(17)11-7-3-5-9-14(11)19-16-18-13-8-4-6-10-15(13)20-16/h3-10,12H,2,17H2,1H3. The average Bonchev–Trinajstić information content (AvgIpc) is 2.89. The lowest BCUT2D eigenvalue weighted by Crippen LogP contribution is -2.09. The largest absolute Gasteiger partial charge is 0.324 e. The van der Waals surface area contributed by atoms with Crippen molar-refractivity contribution in [1.29, 1.82) is 0 Å². The van der Waals surface area contributed by atoms with Gasteiger partial charge in [-0.15, -0.1) is 11.3 Å². The van der Waals surface area contributed by atoms with Gasteiger partial charge in [-0.05, 0) is 30.2 Å². The lowest BCUT2D eigenvalue weighted by Gasteiger charge is -2.13. The summed E-state index contributed by atoms with van der Waals surface area (Å²) in [5.41, 5.74) is 8.47. The third-order valence-electron chi connectivity index (χ3n) is 3.23. The van der Waals surface area contributed by atoms with E-state index in [4.69, 9.17) is 5.73 Å². The van der Waals surface area contributed by atoms with Crippen molar-refractivity contribution in [3.05, 3.63) is 54.1 Å². The van der Waals surface area contributed by atoms with Crippen LogP contribution in [0.15, 0.2) is 57.8 Å². The minimum atomic E-state index is 0.0908. The highest BCUT2D eigenvalue weighted by molar-refractivity contribution is 8.01. The molecule has 2 N–H and O–H groups in total. The Bertz CT molecular complexity index is 688. The van der Waals surface area contributed by atoms with E-state index >= 15 is 0 Å². The van der Waals surface area contributed by atoms with Gasteiger partial charge in [0.25, 0.3) is 0 Å². The normalized spacial score (nSPS) is 12.7. The minimum Gasteiger partial charge on any atom is -0.324 e. The zero-order valence-corrected chi connectivity index (χ0v) is 12.9. The number of hydrogen-bond donors (Lipinski definition) is 1. The van der Waals surface area contributed by atoms with Crippen molar-refractivity contribution in [2.24, 2.45) is 5.73 Å². The Hall–Kier alpha value is -1.36. The Kier molecular flexibility index (Phi) is 4.05. The van der Waals surface area contributed by atoms with Gasteiger partial charge < -0.3 is 5.73 Å². The van der Waals surface area contributed by atoms with E-state index < -0.39 is 0 Å². The van der Waals surface area contributed by atoms with Gasteiger partial charge in [0.1, 0.15) is 0 Å². The summed E-state index contributed by atoms with van der Waals surface area (Å²) in [7, 11) is 0. The lowest BCUT2D eigenvalue weighted by molar-refractivity contribution is 0.685. The van der Waals surface area contributed by atoms with Crippen molar-refractivity contribution in [2.75, 3.05) is 0 Å². The lowest BCUT2D eigenvalue weighted by atomic mass is 10.1. The van der Waals surface area contributed by atoms with Crippen molar-refractivity contribution in [1.82, 2.24) is 4.98 Å². The van der Waals surface area contributed by atoms with E-state index in [0.717, 1.165) is 16.3 Å². The second-order valence-corrected chi connectivity index (χ2v) is 6.92. The van der Waals surface area contributed by atoms with Gasteiger partial charge in [-0.3, -0.25) is 0 Å². The fourth-order valence-corrected chi connectivity index (χ4v) is 4.31. The Morgan fingerprint density at radius 3 is 2.70 bits per heavy atom. The van der Waals surface area contributed by atoms with Crippen LogP contribution in [0.2, 0.25) is 0 Å². The second kappa shape index (κ2) is 5.95. The number of rotatable bonds is 4. The van der Waals surface area contributed by atoms with Crippen LogP contribution in [0.3, 0.4) is 0 Å². The number of aromatic nitrogens is 1. The first-order chi connectivity index (χ1) is 9.78. The molecular weight excluding hydrogens is 284 g/mol. The molecule has 2 nitrogen and oxygen atoms in total. The van der Waals surface area contributed by atoms with E-state index in [1.165, 1.54) is 15.2 Å². The van der Waals surface area contributed by atoms with Crippen molar-refractivity contribution < 1.29 is 0 Å². The van der Waals surface area contributed by atoms with E-state index in [1.807, 2.05) is 12.1 Å². The molecule has 1 unspecified atom stereocenters. The quantitative estimate of drug-likeness (QED) is 0.748. The molecule has 20 heavy (non-hydrogen) atoms. The Balaban J connectivity index is 1.94. The topological polar surface area (TPSA) is 38.9 Å². The van der Waals surface area contributed by atoms with E-state index in [-0.39, 0.29) is 6.04 Å². The summed E-state index contributed by atoms with van der Waals surface area (Å²) in [4.78, 5) is 5.88. The zero-order valence-electron chi connectivity index (χ0n) is 11.2. The summed E-state index contributed by atoms with van der Waals surface area (Å²) in [5.74, 6) is 0. The van der Waals surface area contributed by atoms with E-state index in [9.17, 15) is 0 Å². The number of nitrogens with two attached hydrogens (primary N) is 1. The Morgan fingerprint density at radius 1 is 1.15 bits per heavy atom. The fourth-order valence-electron chi connectivity index (χ4n) is 2.09. The second-order valence-electron chi connectivity index (χ2n) is 4.60. The van der Waals surface area contributed by atoms with Crippen LogP contribution < -0.4 is 5.73 Å². The van der Waals surface area contributed by atoms with Crippen LogP contribution in [0, 0.1) is 0 Å². The monoisotopic (exact) mass is 300 g/mol. The SMILES string of the molecule is CCC(N)c1ccccc1Sc1nc2ccccc2s1. The van der Waals surface area contributed by atoms with Gasteiger partial charge >= 0.3 is 0 Å².